The lowest BCUT2D eigenvalue weighted by molar-refractivity contribution is -0.0337. The second-order valence-electron chi connectivity index (χ2n) is 5.24. The van der Waals surface area contributed by atoms with Crippen LogP contribution in [0, 0.1) is 0 Å². The molecule has 3 heteroatoms. The Morgan fingerprint density at radius 3 is 2.19 bits per heavy atom. The Bertz CT molecular complexity index is 549. The molecule has 0 nitrogen and oxygen atoms in total. The molecule has 0 heterocycles. The quantitative estimate of drug-likeness (QED) is 0.604. The second-order valence-corrected chi connectivity index (χ2v) is 5.68. The maximum Gasteiger partial charge on any atom is 0.254 e. The van der Waals surface area contributed by atoms with Crippen LogP contribution in [-0.2, 0) is 6.42 Å². The first kappa shape index (κ1) is 16.0. The van der Waals surface area contributed by atoms with Crippen LogP contribution < -0.4 is 0 Å². The van der Waals surface area contributed by atoms with E-state index in [1.54, 1.807) is 24.3 Å². The van der Waals surface area contributed by atoms with Gasteiger partial charge in [-0.3, -0.25) is 0 Å². The van der Waals surface area contributed by atoms with Gasteiger partial charge in [-0.1, -0.05) is 61.0 Å². The van der Waals surface area contributed by atoms with Gasteiger partial charge in [0.25, 0.3) is 5.92 Å². The van der Waals surface area contributed by atoms with Crippen LogP contribution in [0.5, 0.6) is 0 Å². The van der Waals surface area contributed by atoms with Crippen LogP contribution in [-0.4, -0.2) is 5.92 Å². The molecule has 0 amide bonds. The van der Waals surface area contributed by atoms with Gasteiger partial charge in [-0.05, 0) is 36.1 Å². The molecule has 0 radical (unpaired) electrons. The van der Waals surface area contributed by atoms with E-state index in [1.165, 1.54) is 6.92 Å². The van der Waals surface area contributed by atoms with Gasteiger partial charge < -0.3 is 0 Å². The lowest BCUT2D eigenvalue weighted by atomic mass is 9.86. The first-order valence-corrected chi connectivity index (χ1v) is 7.58. The minimum absolute atomic E-state index is 0.158. The van der Waals surface area contributed by atoms with Crippen molar-refractivity contribution in [1.29, 1.82) is 0 Å². The van der Waals surface area contributed by atoms with Gasteiger partial charge in [0.15, 0.2) is 0 Å². The summed E-state index contributed by atoms with van der Waals surface area (Å²) in [5.74, 6) is -3.48. The lowest BCUT2D eigenvalue weighted by Crippen LogP contribution is -2.26. The van der Waals surface area contributed by atoms with E-state index in [4.69, 9.17) is 11.6 Å². The SMILES string of the molecule is CCC(F)(F)C(CCc1ccccc1)c1ccc(Cl)cc1. The first-order chi connectivity index (χ1) is 10.0. The number of rotatable bonds is 6. The van der Waals surface area contributed by atoms with E-state index in [0.717, 1.165) is 5.56 Å². The number of aryl methyl sites for hydroxylation is 1. The van der Waals surface area contributed by atoms with Crippen molar-refractivity contribution in [2.45, 2.75) is 38.0 Å². The molecular formula is C18H19ClF2. The summed E-state index contributed by atoms with van der Waals surface area (Å²) in [4.78, 5) is 0. The standard InChI is InChI=1S/C18H19ClF2/c1-2-18(20,21)17(15-9-11-16(19)12-10-15)13-8-14-6-4-3-5-7-14/h3-7,9-12,17H,2,8,13H2,1H3. The minimum atomic E-state index is -2.71. The van der Waals surface area contributed by atoms with Gasteiger partial charge in [-0.25, -0.2) is 8.78 Å². The fraction of sp³-hybridized carbons (Fsp3) is 0.333. The molecule has 0 aliphatic heterocycles. The van der Waals surface area contributed by atoms with E-state index in [-0.39, 0.29) is 6.42 Å². The van der Waals surface area contributed by atoms with Gasteiger partial charge in [0, 0.05) is 17.4 Å². The van der Waals surface area contributed by atoms with Crippen molar-refractivity contribution in [3.05, 3.63) is 70.7 Å². The fourth-order valence-electron chi connectivity index (χ4n) is 2.52. The Kier molecular flexibility index (Phi) is 5.35. The average Bonchev–Trinajstić information content (AvgIpc) is 2.50. The minimum Gasteiger partial charge on any atom is -0.206 e. The maximum atomic E-state index is 14.3. The summed E-state index contributed by atoms with van der Waals surface area (Å²) in [7, 11) is 0. The zero-order chi connectivity index (χ0) is 15.3. The van der Waals surface area contributed by atoms with Gasteiger partial charge >= 0.3 is 0 Å². The van der Waals surface area contributed by atoms with Gasteiger partial charge in [-0.2, -0.15) is 0 Å². The van der Waals surface area contributed by atoms with Crippen molar-refractivity contribution in [2.24, 2.45) is 0 Å². The molecular weight excluding hydrogens is 290 g/mol. The van der Waals surface area contributed by atoms with E-state index < -0.39 is 11.8 Å². The molecule has 112 valence electrons. The third-order valence-corrected chi connectivity index (χ3v) is 4.07. The lowest BCUT2D eigenvalue weighted by Gasteiger charge is -2.26. The molecule has 0 N–H and O–H groups in total. The summed E-state index contributed by atoms with van der Waals surface area (Å²) in [5, 5.41) is 0.570. The fourth-order valence-corrected chi connectivity index (χ4v) is 2.64. The summed E-state index contributed by atoms with van der Waals surface area (Å²) in [6.07, 6.45) is 0.908. The molecule has 0 saturated heterocycles. The van der Waals surface area contributed by atoms with Crippen molar-refractivity contribution in [3.63, 3.8) is 0 Å². The number of hydrogen-bond acceptors (Lipinski definition) is 0. The smallest absolute Gasteiger partial charge is 0.206 e. The summed E-state index contributed by atoms with van der Waals surface area (Å²) in [6, 6.07) is 16.5. The highest BCUT2D eigenvalue weighted by Crippen LogP contribution is 2.39. The third kappa shape index (κ3) is 4.28. The van der Waals surface area contributed by atoms with Crippen LogP contribution in [0.3, 0.4) is 0 Å². The zero-order valence-electron chi connectivity index (χ0n) is 12.0. The second kappa shape index (κ2) is 7.04. The van der Waals surface area contributed by atoms with Crippen molar-refractivity contribution in [2.75, 3.05) is 0 Å². The van der Waals surface area contributed by atoms with Crippen LogP contribution in [0.1, 0.15) is 36.8 Å². The van der Waals surface area contributed by atoms with Crippen LogP contribution in [0.25, 0.3) is 0 Å². The predicted molar refractivity (Wildman–Crippen MR) is 84.2 cm³/mol. The van der Waals surface area contributed by atoms with Crippen molar-refractivity contribution in [1.82, 2.24) is 0 Å². The van der Waals surface area contributed by atoms with Crippen molar-refractivity contribution < 1.29 is 8.78 Å². The van der Waals surface area contributed by atoms with Crippen LogP contribution >= 0.6 is 11.6 Å². The van der Waals surface area contributed by atoms with Gasteiger partial charge in [0.1, 0.15) is 0 Å². The number of benzene rings is 2. The molecule has 2 rings (SSSR count). The summed E-state index contributed by atoms with van der Waals surface area (Å²) >= 11 is 5.85. The Hall–Kier alpha value is -1.41. The summed E-state index contributed by atoms with van der Waals surface area (Å²) in [5.41, 5.74) is 1.74. The molecule has 0 spiro atoms. The Morgan fingerprint density at radius 1 is 1.00 bits per heavy atom. The number of alkyl halides is 2. The first-order valence-electron chi connectivity index (χ1n) is 7.20. The van der Waals surface area contributed by atoms with Crippen LogP contribution in [0.15, 0.2) is 54.6 Å². The zero-order valence-corrected chi connectivity index (χ0v) is 12.8. The average molecular weight is 309 g/mol. The van der Waals surface area contributed by atoms with E-state index in [1.807, 2.05) is 30.3 Å². The topological polar surface area (TPSA) is 0 Å². The van der Waals surface area contributed by atoms with Gasteiger partial charge in [-0.15, -0.1) is 0 Å². The Labute approximate surface area is 129 Å². The molecule has 1 unspecified atom stereocenters. The molecule has 2 aromatic carbocycles. The molecule has 1 atom stereocenters. The Balaban J connectivity index is 2.18. The molecule has 21 heavy (non-hydrogen) atoms. The summed E-state index contributed by atoms with van der Waals surface area (Å²) in [6.45, 7) is 1.53. The van der Waals surface area contributed by atoms with Gasteiger partial charge in [0.05, 0.1) is 0 Å². The van der Waals surface area contributed by atoms with E-state index in [9.17, 15) is 8.78 Å². The van der Waals surface area contributed by atoms with Gasteiger partial charge in [0.2, 0.25) is 0 Å². The maximum absolute atomic E-state index is 14.3. The highest BCUT2D eigenvalue weighted by atomic mass is 35.5. The highest BCUT2D eigenvalue weighted by Gasteiger charge is 2.38. The van der Waals surface area contributed by atoms with E-state index in [2.05, 4.69) is 0 Å². The van der Waals surface area contributed by atoms with Crippen LogP contribution in [0.2, 0.25) is 5.02 Å². The normalized spacial score (nSPS) is 13.1. The monoisotopic (exact) mass is 308 g/mol. The molecule has 0 saturated carbocycles. The molecule has 0 bridgehead atoms. The van der Waals surface area contributed by atoms with Crippen molar-refractivity contribution in [3.8, 4) is 0 Å². The van der Waals surface area contributed by atoms with Crippen LogP contribution in [0.4, 0.5) is 8.78 Å². The molecule has 0 fully saturated rings. The number of hydrogen-bond donors (Lipinski definition) is 0. The molecule has 0 aromatic heterocycles. The van der Waals surface area contributed by atoms with Crippen molar-refractivity contribution >= 4 is 11.6 Å². The Morgan fingerprint density at radius 2 is 1.62 bits per heavy atom. The molecule has 0 aliphatic rings. The number of halogens is 3. The van der Waals surface area contributed by atoms with E-state index >= 15 is 0 Å². The third-order valence-electron chi connectivity index (χ3n) is 3.82. The van der Waals surface area contributed by atoms with E-state index in [0.29, 0.717) is 23.4 Å². The predicted octanol–water partition coefficient (Wildman–Crippen LogP) is 6.10. The highest BCUT2D eigenvalue weighted by molar-refractivity contribution is 6.30. The largest absolute Gasteiger partial charge is 0.254 e. The molecule has 2 aromatic rings. The molecule has 0 aliphatic carbocycles. The summed E-state index contributed by atoms with van der Waals surface area (Å²) < 4.78 is 28.5.